The van der Waals surface area contributed by atoms with Gasteiger partial charge in [-0.3, -0.25) is 4.79 Å². The predicted molar refractivity (Wildman–Crippen MR) is 83.7 cm³/mol. The number of nitrogens with one attached hydrogen (secondary N) is 1. The van der Waals surface area contributed by atoms with Crippen molar-refractivity contribution >= 4 is 23.6 Å². The third kappa shape index (κ3) is 4.79. The molecular weight excluding hydrogens is 282 g/mol. The number of carboxylic acids is 1. The van der Waals surface area contributed by atoms with Gasteiger partial charge in [-0.05, 0) is 24.3 Å². The lowest BCUT2D eigenvalue weighted by molar-refractivity contribution is -0.131. The topological polar surface area (TPSA) is 75.6 Å². The van der Waals surface area contributed by atoms with E-state index in [1.54, 1.807) is 36.4 Å². The molecular formula is C17H15NO4. The van der Waals surface area contributed by atoms with Crippen molar-refractivity contribution in [3.8, 4) is 5.75 Å². The summed E-state index contributed by atoms with van der Waals surface area (Å²) in [5, 5.41) is 11.4. The summed E-state index contributed by atoms with van der Waals surface area (Å²) in [7, 11) is 0. The van der Waals surface area contributed by atoms with E-state index in [9.17, 15) is 9.59 Å². The molecule has 0 aliphatic heterocycles. The van der Waals surface area contributed by atoms with E-state index >= 15 is 0 Å². The Hall–Kier alpha value is -3.08. The lowest BCUT2D eigenvalue weighted by atomic mass is 10.2. The van der Waals surface area contributed by atoms with E-state index < -0.39 is 5.97 Å². The van der Waals surface area contributed by atoms with Gasteiger partial charge in [0.05, 0.1) is 0 Å². The minimum Gasteiger partial charge on any atom is -0.483 e. The zero-order chi connectivity index (χ0) is 15.8. The number of rotatable bonds is 6. The minimum absolute atomic E-state index is 0.160. The lowest BCUT2D eigenvalue weighted by Crippen LogP contribution is -2.20. The van der Waals surface area contributed by atoms with Crippen molar-refractivity contribution in [2.24, 2.45) is 0 Å². The monoisotopic (exact) mass is 297 g/mol. The first-order valence-electron chi connectivity index (χ1n) is 6.63. The largest absolute Gasteiger partial charge is 0.483 e. The molecule has 0 atom stereocenters. The van der Waals surface area contributed by atoms with Crippen LogP contribution in [-0.4, -0.2) is 23.6 Å². The van der Waals surface area contributed by atoms with Gasteiger partial charge in [0, 0.05) is 17.3 Å². The van der Waals surface area contributed by atoms with Gasteiger partial charge in [-0.1, -0.05) is 36.4 Å². The van der Waals surface area contributed by atoms with E-state index in [0.717, 1.165) is 6.08 Å². The molecule has 0 saturated carbocycles. The summed E-state index contributed by atoms with van der Waals surface area (Å²) in [4.78, 5) is 22.4. The van der Waals surface area contributed by atoms with Gasteiger partial charge < -0.3 is 15.2 Å². The van der Waals surface area contributed by atoms with Crippen LogP contribution in [0.5, 0.6) is 5.75 Å². The summed E-state index contributed by atoms with van der Waals surface area (Å²) in [5.41, 5.74) is 1.28. The first kappa shape index (κ1) is 15.3. The van der Waals surface area contributed by atoms with Gasteiger partial charge in [-0.25, -0.2) is 4.79 Å². The number of carbonyl (C=O) groups is 2. The van der Waals surface area contributed by atoms with Crippen LogP contribution in [0.15, 0.2) is 60.7 Å². The number of anilines is 1. The van der Waals surface area contributed by atoms with Crippen LogP contribution in [-0.2, 0) is 9.59 Å². The molecule has 0 aromatic heterocycles. The second kappa shape index (κ2) is 7.64. The van der Waals surface area contributed by atoms with Gasteiger partial charge in [-0.15, -0.1) is 0 Å². The van der Waals surface area contributed by atoms with Gasteiger partial charge in [0.2, 0.25) is 0 Å². The van der Waals surface area contributed by atoms with E-state index in [2.05, 4.69) is 5.32 Å². The van der Waals surface area contributed by atoms with Crippen LogP contribution in [0.1, 0.15) is 5.56 Å². The molecule has 2 N–H and O–H groups in total. The molecule has 0 fully saturated rings. The second-order valence-electron chi connectivity index (χ2n) is 4.41. The number of benzene rings is 2. The van der Waals surface area contributed by atoms with E-state index in [0.29, 0.717) is 17.0 Å². The Morgan fingerprint density at radius 2 is 1.73 bits per heavy atom. The third-order valence-electron chi connectivity index (χ3n) is 2.74. The molecule has 0 heterocycles. The first-order valence-corrected chi connectivity index (χ1v) is 6.63. The van der Waals surface area contributed by atoms with Crippen molar-refractivity contribution in [3.05, 3.63) is 66.2 Å². The van der Waals surface area contributed by atoms with Crippen molar-refractivity contribution in [2.75, 3.05) is 11.9 Å². The standard InChI is InChI=1S/C17H15NO4/c19-16(18-14-7-2-1-3-8-14)12-22-15-9-5-4-6-13(15)10-11-17(20)21/h1-11H,12H2,(H,18,19)(H,20,21)/b11-10+. The van der Waals surface area contributed by atoms with Crippen LogP contribution < -0.4 is 10.1 Å². The normalized spacial score (nSPS) is 10.4. The Morgan fingerprint density at radius 1 is 1.05 bits per heavy atom. The first-order chi connectivity index (χ1) is 10.6. The summed E-state index contributed by atoms with van der Waals surface area (Å²) in [5.74, 6) is -0.886. The highest BCUT2D eigenvalue weighted by atomic mass is 16.5. The predicted octanol–water partition coefficient (Wildman–Crippen LogP) is 2.80. The average molecular weight is 297 g/mol. The van der Waals surface area contributed by atoms with E-state index in [1.165, 1.54) is 6.08 Å². The molecule has 2 aromatic rings. The van der Waals surface area contributed by atoms with Crippen LogP contribution in [0.2, 0.25) is 0 Å². The smallest absolute Gasteiger partial charge is 0.328 e. The summed E-state index contributed by atoms with van der Waals surface area (Å²) in [6.07, 6.45) is 2.44. The second-order valence-corrected chi connectivity index (χ2v) is 4.41. The van der Waals surface area contributed by atoms with Crippen LogP contribution in [0.3, 0.4) is 0 Å². The fraction of sp³-hybridized carbons (Fsp3) is 0.0588. The highest BCUT2D eigenvalue weighted by Gasteiger charge is 2.05. The number of para-hydroxylation sites is 2. The highest BCUT2D eigenvalue weighted by Crippen LogP contribution is 2.19. The van der Waals surface area contributed by atoms with E-state index in [-0.39, 0.29) is 12.5 Å². The molecule has 5 nitrogen and oxygen atoms in total. The van der Waals surface area contributed by atoms with Crippen LogP contribution in [0.4, 0.5) is 5.69 Å². The molecule has 0 bridgehead atoms. The maximum Gasteiger partial charge on any atom is 0.328 e. The van der Waals surface area contributed by atoms with Gasteiger partial charge in [0.15, 0.2) is 6.61 Å². The molecule has 112 valence electrons. The Morgan fingerprint density at radius 3 is 2.45 bits per heavy atom. The Kier molecular flexibility index (Phi) is 5.31. The number of aliphatic carboxylic acids is 1. The maximum absolute atomic E-state index is 11.8. The van der Waals surface area contributed by atoms with Gasteiger partial charge in [0.25, 0.3) is 5.91 Å². The molecule has 0 unspecified atom stereocenters. The third-order valence-corrected chi connectivity index (χ3v) is 2.74. The molecule has 22 heavy (non-hydrogen) atoms. The SMILES string of the molecule is O=C(O)/C=C/c1ccccc1OCC(=O)Nc1ccccc1. The summed E-state index contributed by atoms with van der Waals surface area (Å²) < 4.78 is 5.45. The molecule has 0 spiro atoms. The molecule has 1 amide bonds. The number of amides is 1. The van der Waals surface area contributed by atoms with Gasteiger partial charge >= 0.3 is 5.97 Å². The number of hydrogen-bond acceptors (Lipinski definition) is 3. The van der Waals surface area contributed by atoms with Crippen molar-refractivity contribution in [3.63, 3.8) is 0 Å². The molecule has 2 aromatic carbocycles. The fourth-order valence-electron chi connectivity index (χ4n) is 1.77. The number of hydrogen-bond donors (Lipinski definition) is 2. The molecule has 0 radical (unpaired) electrons. The van der Waals surface area contributed by atoms with Crippen molar-refractivity contribution in [2.45, 2.75) is 0 Å². The van der Waals surface area contributed by atoms with Crippen molar-refractivity contribution in [1.82, 2.24) is 0 Å². The molecule has 5 heteroatoms. The zero-order valence-electron chi connectivity index (χ0n) is 11.7. The zero-order valence-corrected chi connectivity index (χ0v) is 11.7. The van der Waals surface area contributed by atoms with E-state index in [4.69, 9.17) is 9.84 Å². The van der Waals surface area contributed by atoms with Crippen LogP contribution in [0, 0.1) is 0 Å². The quantitative estimate of drug-likeness (QED) is 0.804. The lowest BCUT2D eigenvalue weighted by Gasteiger charge is -2.09. The van der Waals surface area contributed by atoms with Crippen molar-refractivity contribution in [1.29, 1.82) is 0 Å². The molecule has 0 aliphatic rings. The fourth-order valence-corrected chi connectivity index (χ4v) is 1.77. The summed E-state index contributed by atoms with van der Waals surface area (Å²) >= 11 is 0. The molecule has 0 saturated heterocycles. The number of carboxylic acid groups (broad SMARTS) is 1. The highest BCUT2D eigenvalue weighted by molar-refractivity contribution is 5.92. The summed E-state index contributed by atoms with van der Waals surface area (Å²) in [6, 6.07) is 16.0. The minimum atomic E-state index is -1.04. The Bertz CT molecular complexity index is 680. The van der Waals surface area contributed by atoms with Gasteiger partial charge in [-0.2, -0.15) is 0 Å². The molecule has 2 rings (SSSR count). The van der Waals surface area contributed by atoms with Gasteiger partial charge in [0.1, 0.15) is 5.75 Å². The van der Waals surface area contributed by atoms with Crippen LogP contribution >= 0.6 is 0 Å². The summed E-state index contributed by atoms with van der Waals surface area (Å²) in [6.45, 7) is -0.160. The van der Waals surface area contributed by atoms with E-state index in [1.807, 2.05) is 18.2 Å². The maximum atomic E-state index is 11.8. The van der Waals surface area contributed by atoms with Crippen molar-refractivity contribution < 1.29 is 19.4 Å². The average Bonchev–Trinajstić information content (AvgIpc) is 2.52. The number of ether oxygens (including phenoxy) is 1. The number of carbonyl (C=O) groups excluding carboxylic acids is 1. The Balaban J connectivity index is 1.96. The molecule has 0 aliphatic carbocycles. The Labute approximate surface area is 127 Å². The van der Waals surface area contributed by atoms with Crippen LogP contribution in [0.25, 0.3) is 6.08 Å².